The molecule has 6 nitrogen and oxygen atoms in total. The molecule has 8 heteroatoms. The number of pyridine rings is 1. The van der Waals surface area contributed by atoms with E-state index in [2.05, 4.69) is 27.8 Å². The number of rotatable bonds is 4. The number of carbonyl (C=O) groups is 1. The molecule has 2 heterocycles. The Balaban J connectivity index is 0.00000156. The van der Waals surface area contributed by atoms with Crippen LogP contribution in [0.5, 0.6) is 0 Å². The molecular formula is C17H22Cl2N4O2. The van der Waals surface area contributed by atoms with E-state index in [-0.39, 0.29) is 43.3 Å². The summed E-state index contributed by atoms with van der Waals surface area (Å²) >= 11 is 0. The fourth-order valence-electron chi connectivity index (χ4n) is 2.73. The number of fused-ring (bicyclic) bond motifs is 1. The molecule has 0 saturated heterocycles. The maximum atomic E-state index is 12.0. The van der Waals surface area contributed by atoms with Gasteiger partial charge in [0.1, 0.15) is 5.82 Å². The summed E-state index contributed by atoms with van der Waals surface area (Å²) in [6.07, 6.45) is 1.51. The summed E-state index contributed by atoms with van der Waals surface area (Å²) in [6.45, 7) is 0.913. The van der Waals surface area contributed by atoms with Crippen LogP contribution < -0.4 is 16.4 Å². The smallest absolute Gasteiger partial charge is 0.252 e. The molecule has 5 N–H and O–H groups in total. The van der Waals surface area contributed by atoms with Crippen molar-refractivity contribution >= 4 is 36.5 Å². The van der Waals surface area contributed by atoms with Gasteiger partial charge in [-0.1, -0.05) is 24.3 Å². The Labute approximate surface area is 159 Å². The number of carbonyl (C=O) groups excluding carboxylic acids is 1. The van der Waals surface area contributed by atoms with Crippen LogP contribution in [0.25, 0.3) is 0 Å². The molecule has 1 aliphatic heterocycles. The molecule has 0 aliphatic carbocycles. The van der Waals surface area contributed by atoms with E-state index < -0.39 is 6.10 Å². The average molecular weight is 385 g/mol. The Morgan fingerprint density at radius 1 is 1.28 bits per heavy atom. The maximum absolute atomic E-state index is 12.0. The van der Waals surface area contributed by atoms with Crippen LogP contribution in [0, 0.1) is 0 Å². The van der Waals surface area contributed by atoms with Crippen molar-refractivity contribution in [3.8, 4) is 0 Å². The Morgan fingerprint density at radius 3 is 2.68 bits per heavy atom. The summed E-state index contributed by atoms with van der Waals surface area (Å²) in [5, 5.41) is 16.4. The molecule has 0 unspecified atom stereocenters. The highest BCUT2D eigenvalue weighted by molar-refractivity contribution is 5.94. The van der Waals surface area contributed by atoms with E-state index in [1.807, 2.05) is 12.1 Å². The average Bonchev–Trinajstić information content (AvgIpc) is 2.59. The maximum Gasteiger partial charge on any atom is 0.252 e. The number of nitrogens with zero attached hydrogens (tertiary/aromatic N) is 1. The molecule has 0 fully saturated rings. The van der Waals surface area contributed by atoms with Gasteiger partial charge < -0.3 is 21.5 Å². The van der Waals surface area contributed by atoms with Gasteiger partial charge in [-0.05, 0) is 29.7 Å². The van der Waals surface area contributed by atoms with Gasteiger partial charge >= 0.3 is 0 Å². The van der Waals surface area contributed by atoms with Crippen molar-refractivity contribution in [2.75, 3.05) is 12.3 Å². The number of nitrogens with one attached hydrogen (secondary N) is 2. The minimum Gasteiger partial charge on any atom is -0.390 e. The molecule has 1 aromatic carbocycles. The molecule has 136 valence electrons. The highest BCUT2D eigenvalue weighted by atomic mass is 35.5. The number of aliphatic hydroxyl groups is 1. The van der Waals surface area contributed by atoms with Crippen LogP contribution in [-0.2, 0) is 13.0 Å². The number of nitrogen functional groups attached to an aromatic ring is 1. The van der Waals surface area contributed by atoms with Crippen molar-refractivity contribution in [3.63, 3.8) is 0 Å². The monoisotopic (exact) mass is 384 g/mol. The summed E-state index contributed by atoms with van der Waals surface area (Å²) in [5.74, 6) is 0.0967. The van der Waals surface area contributed by atoms with Crippen molar-refractivity contribution in [2.45, 2.75) is 25.1 Å². The molecule has 3 rings (SSSR count). The normalized spacial score (nSPS) is 16.6. The SMILES string of the molecule is Cl.Cl.Nc1ccc(C(=O)NC[C@@H](O)[C@@H]2Cc3ccccc3CN2)cn1. The number of benzene rings is 1. The van der Waals surface area contributed by atoms with Crippen LogP contribution in [0.1, 0.15) is 21.5 Å². The van der Waals surface area contributed by atoms with Gasteiger partial charge in [-0.3, -0.25) is 4.79 Å². The summed E-state index contributed by atoms with van der Waals surface area (Å²) in [5.41, 5.74) is 8.42. The van der Waals surface area contributed by atoms with Gasteiger partial charge in [-0.2, -0.15) is 0 Å². The van der Waals surface area contributed by atoms with Crippen LogP contribution in [0.15, 0.2) is 42.6 Å². The van der Waals surface area contributed by atoms with Crippen LogP contribution in [0.4, 0.5) is 5.82 Å². The lowest BCUT2D eigenvalue weighted by atomic mass is 9.93. The Kier molecular flexibility index (Phi) is 8.12. The second kappa shape index (κ2) is 9.58. The molecule has 0 bridgehead atoms. The first kappa shape index (κ1) is 21.2. The standard InChI is InChI=1S/C17H20N4O2.2ClH/c18-16-6-5-13(9-20-16)17(23)21-10-15(22)14-7-11-3-1-2-4-12(11)8-19-14;;/h1-6,9,14-15,19,22H,7-8,10H2,(H2,18,20)(H,21,23);2*1H/t14-,15+;;/m0../s1. The molecule has 1 aromatic heterocycles. The highest BCUT2D eigenvalue weighted by Gasteiger charge is 2.24. The molecule has 0 saturated carbocycles. The van der Waals surface area contributed by atoms with Gasteiger partial charge in [0, 0.05) is 25.3 Å². The zero-order valence-electron chi connectivity index (χ0n) is 13.5. The van der Waals surface area contributed by atoms with Gasteiger partial charge in [0.2, 0.25) is 0 Å². The molecule has 1 aliphatic rings. The highest BCUT2D eigenvalue weighted by Crippen LogP contribution is 2.17. The second-order valence-corrected chi connectivity index (χ2v) is 5.71. The quantitative estimate of drug-likeness (QED) is 0.636. The molecule has 2 aromatic rings. The van der Waals surface area contributed by atoms with Crippen molar-refractivity contribution in [1.82, 2.24) is 15.6 Å². The Morgan fingerprint density at radius 2 is 2.00 bits per heavy atom. The molecule has 1 amide bonds. The Bertz CT molecular complexity index is 697. The van der Waals surface area contributed by atoms with Crippen molar-refractivity contribution in [3.05, 3.63) is 59.3 Å². The van der Waals surface area contributed by atoms with E-state index in [1.54, 1.807) is 12.1 Å². The third kappa shape index (κ3) is 5.31. The van der Waals surface area contributed by atoms with E-state index >= 15 is 0 Å². The zero-order chi connectivity index (χ0) is 16.2. The van der Waals surface area contributed by atoms with E-state index in [4.69, 9.17) is 5.73 Å². The number of anilines is 1. The number of aromatic nitrogens is 1. The first-order valence-corrected chi connectivity index (χ1v) is 7.61. The largest absolute Gasteiger partial charge is 0.390 e. The number of aliphatic hydroxyl groups excluding tert-OH is 1. The topological polar surface area (TPSA) is 100 Å². The minimum absolute atomic E-state index is 0. The van der Waals surface area contributed by atoms with E-state index in [9.17, 15) is 9.90 Å². The van der Waals surface area contributed by atoms with E-state index in [0.29, 0.717) is 11.4 Å². The molecular weight excluding hydrogens is 363 g/mol. The molecule has 25 heavy (non-hydrogen) atoms. The second-order valence-electron chi connectivity index (χ2n) is 5.71. The number of amides is 1. The van der Waals surface area contributed by atoms with Gasteiger partial charge in [-0.15, -0.1) is 24.8 Å². The predicted molar refractivity (Wildman–Crippen MR) is 102 cm³/mol. The Hall–Kier alpha value is -1.86. The van der Waals surface area contributed by atoms with Crippen LogP contribution in [0.2, 0.25) is 0 Å². The van der Waals surface area contributed by atoms with Gasteiger partial charge in [0.25, 0.3) is 5.91 Å². The van der Waals surface area contributed by atoms with Crippen LogP contribution >= 0.6 is 24.8 Å². The van der Waals surface area contributed by atoms with E-state index in [0.717, 1.165) is 13.0 Å². The van der Waals surface area contributed by atoms with E-state index in [1.165, 1.54) is 17.3 Å². The fraction of sp³-hybridized carbons (Fsp3) is 0.294. The third-order valence-corrected chi connectivity index (χ3v) is 4.10. The van der Waals surface area contributed by atoms with Crippen LogP contribution in [0.3, 0.4) is 0 Å². The van der Waals surface area contributed by atoms with Crippen LogP contribution in [-0.4, -0.2) is 34.7 Å². The predicted octanol–water partition coefficient (Wildman–Crippen LogP) is 1.31. The summed E-state index contributed by atoms with van der Waals surface area (Å²) in [4.78, 5) is 15.9. The number of hydrogen-bond donors (Lipinski definition) is 4. The summed E-state index contributed by atoms with van der Waals surface area (Å²) in [7, 11) is 0. The minimum atomic E-state index is -0.658. The number of hydrogen-bond acceptors (Lipinski definition) is 5. The van der Waals surface area contributed by atoms with Crippen molar-refractivity contribution in [1.29, 1.82) is 0 Å². The zero-order valence-corrected chi connectivity index (χ0v) is 15.1. The number of nitrogens with two attached hydrogens (primary N) is 1. The molecule has 2 atom stereocenters. The third-order valence-electron chi connectivity index (χ3n) is 4.10. The van der Waals surface area contributed by atoms with Gasteiger partial charge in [-0.25, -0.2) is 4.98 Å². The number of halogens is 2. The molecule has 0 radical (unpaired) electrons. The van der Waals surface area contributed by atoms with Gasteiger partial charge in [0.05, 0.1) is 11.7 Å². The first-order chi connectivity index (χ1) is 11.1. The lowest BCUT2D eigenvalue weighted by Gasteiger charge is -2.30. The van der Waals surface area contributed by atoms with Gasteiger partial charge in [0.15, 0.2) is 0 Å². The lowest BCUT2D eigenvalue weighted by molar-refractivity contribution is 0.0869. The lowest BCUT2D eigenvalue weighted by Crippen LogP contribution is -2.49. The summed E-state index contributed by atoms with van der Waals surface area (Å²) in [6, 6.07) is 11.3. The summed E-state index contributed by atoms with van der Waals surface area (Å²) < 4.78 is 0. The fourth-order valence-corrected chi connectivity index (χ4v) is 2.73. The first-order valence-electron chi connectivity index (χ1n) is 7.61. The van der Waals surface area contributed by atoms with Crippen molar-refractivity contribution < 1.29 is 9.90 Å². The van der Waals surface area contributed by atoms with Crippen molar-refractivity contribution in [2.24, 2.45) is 0 Å². The molecule has 0 spiro atoms.